The maximum absolute atomic E-state index is 12.0. The lowest BCUT2D eigenvalue weighted by Gasteiger charge is -2.11. The third-order valence-corrected chi connectivity index (χ3v) is 5.55. The molecular weight excluding hydrogens is 376 g/mol. The number of esters is 1. The van der Waals surface area contributed by atoms with Gasteiger partial charge in [-0.05, 0) is 37.6 Å². The number of amides is 2. The molecule has 0 unspecified atom stereocenters. The van der Waals surface area contributed by atoms with E-state index in [9.17, 15) is 22.8 Å². The van der Waals surface area contributed by atoms with Gasteiger partial charge in [0.1, 0.15) is 12.3 Å². The first kappa shape index (κ1) is 20.7. The van der Waals surface area contributed by atoms with Crippen LogP contribution in [0.4, 0.5) is 0 Å². The van der Waals surface area contributed by atoms with Gasteiger partial charge in [-0.2, -0.15) is 0 Å². The van der Waals surface area contributed by atoms with Crippen LogP contribution >= 0.6 is 0 Å². The zero-order valence-electron chi connectivity index (χ0n) is 14.9. The summed E-state index contributed by atoms with van der Waals surface area (Å²) in [7, 11) is -3.10. The van der Waals surface area contributed by atoms with E-state index in [0.29, 0.717) is 24.3 Å². The summed E-state index contributed by atoms with van der Waals surface area (Å²) in [6.07, 6.45) is 0.347. The summed E-state index contributed by atoms with van der Waals surface area (Å²) in [4.78, 5) is 35.3. The summed E-state index contributed by atoms with van der Waals surface area (Å²) in [5.74, 6) is -1.25. The Morgan fingerprint density at radius 3 is 2.48 bits per heavy atom. The number of hydrogen-bond acceptors (Lipinski definition) is 7. The average molecular weight is 398 g/mol. The molecule has 1 aliphatic heterocycles. The lowest BCUT2D eigenvalue weighted by molar-refractivity contribution is -0.147. The molecule has 0 radical (unpaired) electrons. The van der Waals surface area contributed by atoms with Gasteiger partial charge >= 0.3 is 5.97 Å². The second-order valence-electron chi connectivity index (χ2n) is 5.97. The van der Waals surface area contributed by atoms with Gasteiger partial charge in [0.05, 0.1) is 18.1 Å². The smallest absolute Gasteiger partial charge is 0.325 e. The fourth-order valence-corrected chi connectivity index (χ4v) is 4.17. The largest absolute Gasteiger partial charge is 0.494 e. The van der Waals surface area contributed by atoms with Crippen molar-refractivity contribution in [1.82, 2.24) is 10.6 Å². The lowest BCUT2D eigenvalue weighted by Crippen LogP contribution is -2.39. The molecule has 1 aromatic carbocycles. The van der Waals surface area contributed by atoms with Crippen LogP contribution in [0.25, 0.3) is 0 Å². The molecule has 1 fully saturated rings. The number of nitrogens with one attached hydrogen (secondary N) is 2. The van der Waals surface area contributed by atoms with Crippen LogP contribution in [0.15, 0.2) is 24.3 Å². The molecule has 27 heavy (non-hydrogen) atoms. The molecule has 2 rings (SSSR count). The van der Waals surface area contributed by atoms with Gasteiger partial charge in [0, 0.05) is 11.6 Å². The number of carbonyl (C=O) groups excluding carboxylic acids is 3. The fourth-order valence-electron chi connectivity index (χ4n) is 2.50. The second-order valence-corrected chi connectivity index (χ2v) is 8.20. The highest BCUT2D eigenvalue weighted by Crippen LogP contribution is 2.12. The first-order valence-electron chi connectivity index (χ1n) is 8.45. The van der Waals surface area contributed by atoms with Crippen molar-refractivity contribution in [3.05, 3.63) is 29.8 Å². The highest BCUT2D eigenvalue weighted by Gasteiger charge is 2.29. The summed E-state index contributed by atoms with van der Waals surface area (Å²) < 4.78 is 32.7. The molecule has 148 valence electrons. The standard InChI is InChI=1S/C17H22N2O7S/c1-2-25-14-5-3-12(4-6-14)17(22)18-9-16(21)26-10-15(20)19-13-7-8-27(23,24)11-13/h3-6,13H,2,7-11H2,1H3,(H,18,22)(H,19,20)/t13-/m0/s1. The molecule has 1 atom stereocenters. The van der Waals surface area contributed by atoms with Crippen LogP contribution in [-0.4, -0.2) is 63.5 Å². The Morgan fingerprint density at radius 1 is 1.19 bits per heavy atom. The van der Waals surface area contributed by atoms with Gasteiger partial charge in [0.15, 0.2) is 16.4 Å². The van der Waals surface area contributed by atoms with Crippen molar-refractivity contribution in [2.24, 2.45) is 0 Å². The number of carbonyl (C=O) groups is 3. The fraction of sp³-hybridized carbons (Fsp3) is 0.471. The minimum atomic E-state index is -3.10. The van der Waals surface area contributed by atoms with Gasteiger partial charge in [-0.1, -0.05) is 0 Å². The van der Waals surface area contributed by atoms with E-state index in [1.807, 2.05) is 6.92 Å². The zero-order chi connectivity index (χ0) is 19.9. The van der Waals surface area contributed by atoms with Crippen LogP contribution in [0.5, 0.6) is 5.75 Å². The van der Waals surface area contributed by atoms with Crippen molar-refractivity contribution in [2.75, 3.05) is 31.3 Å². The van der Waals surface area contributed by atoms with Crippen LogP contribution in [0, 0.1) is 0 Å². The van der Waals surface area contributed by atoms with Crippen LogP contribution in [0.1, 0.15) is 23.7 Å². The van der Waals surface area contributed by atoms with E-state index < -0.39 is 46.8 Å². The van der Waals surface area contributed by atoms with E-state index in [2.05, 4.69) is 10.6 Å². The predicted octanol–water partition coefficient (Wildman–Crippen LogP) is -0.338. The summed E-state index contributed by atoms with van der Waals surface area (Å²) in [6, 6.07) is 5.96. The molecule has 0 aromatic heterocycles. The van der Waals surface area contributed by atoms with Gasteiger partial charge in [-0.25, -0.2) is 8.42 Å². The first-order chi connectivity index (χ1) is 12.8. The van der Waals surface area contributed by atoms with E-state index in [0.717, 1.165) is 0 Å². The minimum Gasteiger partial charge on any atom is -0.494 e. The maximum Gasteiger partial charge on any atom is 0.325 e. The van der Waals surface area contributed by atoms with Crippen molar-refractivity contribution in [3.8, 4) is 5.75 Å². The molecule has 0 bridgehead atoms. The Balaban J connectivity index is 1.68. The number of hydrogen-bond donors (Lipinski definition) is 2. The van der Waals surface area contributed by atoms with E-state index >= 15 is 0 Å². The van der Waals surface area contributed by atoms with Gasteiger partial charge in [0.2, 0.25) is 0 Å². The van der Waals surface area contributed by atoms with Crippen molar-refractivity contribution < 1.29 is 32.3 Å². The third-order valence-electron chi connectivity index (χ3n) is 3.78. The number of ether oxygens (including phenoxy) is 2. The molecule has 1 aliphatic rings. The molecular formula is C17H22N2O7S. The number of sulfone groups is 1. The second kappa shape index (κ2) is 9.36. The SMILES string of the molecule is CCOc1ccc(C(=O)NCC(=O)OCC(=O)N[C@H]2CCS(=O)(=O)C2)cc1. The molecule has 10 heteroatoms. The van der Waals surface area contributed by atoms with Crippen molar-refractivity contribution in [2.45, 2.75) is 19.4 Å². The first-order valence-corrected chi connectivity index (χ1v) is 10.3. The van der Waals surface area contributed by atoms with Gasteiger partial charge < -0.3 is 20.1 Å². The average Bonchev–Trinajstić information content (AvgIpc) is 2.97. The van der Waals surface area contributed by atoms with Crippen molar-refractivity contribution in [3.63, 3.8) is 0 Å². The van der Waals surface area contributed by atoms with Crippen molar-refractivity contribution in [1.29, 1.82) is 0 Å². The highest BCUT2D eigenvalue weighted by molar-refractivity contribution is 7.91. The number of benzene rings is 1. The minimum absolute atomic E-state index is 0.0370. The Kier molecular flexibility index (Phi) is 7.17. The molecule has 0 spiro atoms. The van der Waals surface area contributed by atoms with E-state index in [-0.39, 0.29) is 11.5 Å². The van der Waals surface area contributed by atoms with Crippen LogP contribution in [-0.2, 0) is 24.2 Å². The Morgan fingerprint density at radius 2 is 1.89 bits per heavy atom. The quantitative estimate of drug-likeness (QED) is 0.574. The molecule has 9 nitrogen and oxygen atoms in total. The normalized spacial score (nSPS) is 17.7. The third kappa shape index (κ3) is 6.89. The van der Waals surface area contributed by atoms with E-state index in [4.69, 9.17) is 9.47 Å². The molecule has 1 aromatic rings. The summed E-state index contributed by atoms with van der Waals surface area (Å²) in [5.41, 5.74) is 0.353. The lowest BCUT2D eigenvalue weighted by atomic mass is 10.2. The van der Waals surface area contributed by atoms with Gasteiger partial charge in [-0.3, -0.25) is 14.4 Å². The monoisotopic (exact) mass is 398 g/mol. The van der Waals surface area contributed by atoms with E-state index in [1.54, 1.807) is 24.3 Å². The van der Waals surface area contributed by atoms with E-state index in [1.165, 1.54) is 0 Å². The van der Waals surface area contributed by atoms with Gasteiger partial charge in [0.25, 0.3) is 11.8 Å². The molecule has 0 saturated carbocycles. The Labute approximate surface area is 157 Å². The topological polar surface area (TPSA) is 128 Å². The molecule has 0 aliphatic carbocycles. The Hall–Kier alpha value is -2.62. The zero-order valence-corrected chi connectivity index (χ0v) is 15.7. The molecule has 1 saturated heterocycles. The summed E-state index contributed by atoms with van der Waals surface area (Å²) in [6.45, 7) is 1.44. The van der Waals surface area contributed by atoms with Crippen LogP contribution < -0.4 is 15.4 Å². The van der Waals surface area contributed by atoms with Crippen molar-refractivity contribution >= 4 is 27.6 Å². The predicted molar refractivity (Wildman–Crippen MR) is 96.1 cm³/mol. The van der Waals surface area contributed by atoms with Gasteiger partial charge in [-0.15, -0.1) is 0 Å². The molecule has 2 amide bonds. The molecule has 2 N–H and O–H groups in total. The number of rotatable bonds is 8. The van der Waals surface area contributed by atoms with Crippen LogP contribution in [0.2, 0.25) is 0 Å². The Bertz CT molecular complexity index is 790. The maximum atomic E-state index is 12.0. The summed E-state index contributed by atoms with van der Waals surface area (Å²) in [5, 5.41) is 4.89. The highest BCUT2D eigenvalue weighted by atomic mass is 32.2. The summed E-state index contributed by atoms with van der Waals surface area (Å²) >= 11 is 0. The molecule has 1 heterocycles. The van der Waals surface area contributed by atoms with Crippen LogP contribution in [0.3, 0.4) is 0 Å².